The molecule has 1 heterocycles. The number of halogens is 4. The Labute approximate surface area is 112 Å². The van der Waals surface area contributed by atoms with Crippen molar-refractivity contribution < 1.29 is 18.3 Å². The molecule has 82 valence electrons. The molecular weight excluding hydrogens is 434 g/mol. The monoisotopic (exact) mass is 439 g/mol. The van der Waals surface area contributed by atoms with Gasteiger partial charge in [-0.05, 0) is 51.2 Å². The van der Waals surface area contributed by atoms with E-state index < -0.39 is 18.1 Å². The molecular formula is C8H5F2I2NO2. The van der Waals surface area contributed by atoms with Gasteiger partial charge in [0.2, 0.25) is 0 Å². The van der Waals surface area contributed by atoms with Crippen LogP contribution in [0.3, 0.4) is 0 Å². The Morgan fingerprint density at radius 3 is 2.60 bits per heavy atom. The second-order valence-corrected chi connectivity index (χ2v) is 4.75. The molecule has 3 nitrogen and oxygen atoms in total. The minimum absolute atomic E-state index is 0.159. The Balaban J connectivity index is 3.40. The van der Waals surface area contributed by atoms with Crippen LogP contribution in [0.2, 0.25) is 0 Å². The fourth-order valence-electron chi connectivity index (χ4n) is 0.964. The topological polar surface area (TPSA) is 39.2 Å². The molecule has 0 unspecified atom stereocenters. The zero-order valence-corrected chi connectivity index (χ0v) is 11.7. The van der Waals surface area contributed by atoms with Crippen LogP contribution in [0.5, 0.6) is 0 Å². The summed E-state index contributed by atoms with van der Waals surface area (Å²) >= 11 is 3.62. The Morgan fingerprint density at radius 1 is 1.53 bits per heavy atom. The Hall–Kier alpha value is -0.0600. The molecule has 0 radical (unpaired) electrons. The molecule has 1 aromatic rings. The maximum absolute atomic E-state index is 12.6. The summed E-state index contributed by atoms with van der Waals surface area (Å²) in [6, 6.07) is 1.54. The van der Waals surface area contributed by atoms with Gasteiger partial charge in [-0.3, -0.25) is 0 Å². The standard InChI is InChI=1S/C8H5F2I2NO2/c1-15-8(14)5-3(11)2-4(12)13-6(5)7(9)10/h2,7H,1H3. The lowest BCUT2D eigenvalue weighted by atomic mass is 10.2. The van der Waals surface area contributed by atoms with Crippen molar-refractivity contribution in [3.8, 4) is 0 Å². The van der Waals surface area contributed by atoms with Gasteiger partial charge in [-0.2, -0.15) is 0 Å². The zero-order chi connectivity index (χ0) is 11.6. The molecule has 0 aliphatic heterocycles. The predicted molar refractivity (Wildman–Crippen MR) is 66.0 cm³/mol. The van der Waals surface area contributed by atoms with E-state index in [-0.39, 0.29) is 5.56 Å². The van der Waals surface area contributed by atoms with Gasteiger partial charge in [-0.25, -0.2) is 18.6 Å². The molecule has 0 atom stereocenters. The lowest BCUT2D eigenvalue weighted by Crippen LogP contribution is -2.11. The summed E-state index contributed by atoms with van der Waals surface area (Å²) in [4.78, 5) is 14.9. The molecule has 1 rings (SSSR count). The van der Waals surface area contributed by atoms with E-state index in [0.29, 0.717) is 7.27 Å². The molecule has 1 aromatic heterocycles. The van der Waals surface area contributed by atoms with Gasteiger partial charge in [0.15, 0.2) is 0 Å². The minimum Gasteiger partial charge on any atom is -0.465 e. The normalized spacial score (nSPS) is 10.5. The van der Waals surface area contributed by atoms with Gasteiger partial charge in [0.25, 0.3) is 6.43 Å². The zero-order valence-electron chi connectivity index (χ0n) is 7.43. The first-order chi connectivity index (χ1) is 6.97. The third-order valence-corrected chi connectivity index (χ3v) is 2.97. The molecule has 0 fully saturated rings. The number of ether oxygens (including phenoxy) is 1. The van der Waals surface area contributed by atoms with Crippen LogP contribution in [0.4, 0.5) is 8.78 Å². The fourth-order valence-corrected chi connectivity index (χ4v) is 2.92. The summed E-state index contributed by atoms with van der Waals surface area (Å²) in [6.45, 7) is 0. The highest BCUT2D eigenvalue weighted by Crippen LogP contribution is 2.26. The molecule has 0 bridgehead atoms. The SMILES string of the molecule is COC(=O)c1c(I)cc(I)nc1C(F)F. The van der Waals surface area contributed by atoms with Crippen molar-refractivity contribution in [3.05, 3.63) is 24.6 Å². The first-order valence-electron chi connectivity index (χ1n) is 3.69. The number of nitrogens with zero attached hydrogens (tertiary/aromatic N) is 1. The Kier molecular flexibility index (Phi) is 4.62. The third-order valence-electron chi connectivity index (χ3n) is 1.56. The summed E-state index contributed by atoms with van der Waals surface area (Å²) in [5.74, 6) is -0.793. The molecule has 0 aliphatic carbocycles. The van der Waals surface area contributed by atoms with Crippen LogP contribution in [-0.2, 0) is 4.74 Å². The number of pyridine rings is 1. The van der Waals surface area contributed by atoms with Crippen molar-refractivity contribution in [1.29, 1.82) is 0 Å². The second kappa shape index (κ2) is 5.32. The summed E-state index contributed by atoms with van der Waals surface area (Å²) in [6.07, 6.45) is -2.79. The average Bonchev–Trinajstić information content (AvgIpc) is 2.15. The van der Waals surface area contributed by atoms with E-state index in [1.165, 1.54) is 0 Å². The minimum atomic E-state index is -2.79. The number of aromatic nitrogens is 1. The van der Waals surface area contributed by atoms with Crippen LogP contribution in [-0.4, -0.2) is 18.1 Å². The van der Waals surface area contributed by atoms with E-state index in [9.17, 15) is 13.6 Å². The number of hydrogen-bond donors (Lipinski definition) is 0. The first kappa shape index (κ1) is 13.0. The molecule has 0 saturated carbocycles. The number of hydrogen-bond acceptors (Lipinski definition) is 3. The van der Waals surface area contributed by atoms with E-state index in [0.717, 1.165) is 7.11 Å². The highest BCUT2D eigenvalue weighted by atomic mass is 127. The van der Waals surface area contributed by atoms with Crippen LogP contribution >= 0.6 is 45.2 Å². The number of carbonyl (C=O) groups is 1. The average molecular weight is 439 g/mol. The van der Waals surface area contributed by atoms with Gasteiger partial charge in [0.05, 0.1) is 7.11 Å². The van der Waals surface area contributed by atoms with Crippen LogP contribution in [0.1, 0.15) is 22.5 Å². The Bertz CT molecular complexity index is 398. The van der Waals surface area contributed by atoms with Crippen molar-refractivity contribution in [2.45, 2.75) is 6.43 Å². The number of methoxy groups -OCH3 is 1. The van der Waals surface area contributed by atoms with Crippen molar-refractivity contribution >= 4 is 51.2 Å². The number of rotatable bonds is 2. The largest absolute Gasteiger partial charge is 0.465 e. The van der Waals surface area contributed by atoms with E-state index >= 15 is 0 Å². The summed E-state index contributed by atoms with van der Waals surface area (Å²) < 4.78 is 30.5. The third kappa shape index (κ3) is 2.95. The van der Waals surface area contributed by atoms with Gasteiger partial charge in [0.1, 0.15) is 15.0 Å². The number of carbonyl (C=O) groups excluding carboxylic acids is 1. The quantitative estimate of drug-likeness (QED) is 0.405. The maximum Gasteiger partial charge on any atom is 0.341 e. The lowest BCUT2D eigenvalue weighted by molar-refractivity contribution is 0.0585. The summed E-state index contributed by atoms with van der Waals surface area (Å²) in [7, 11) is 1.14. The summed E-state index contributed by atoms with van der Waals surface area (Å²) in [5, 5.41) is 0. The molecule has 0 aromatic carbocycles. The van der Waals surface area contributed by atoms with E-state index in [2.05, 4.69) is 9.72 Å². The first-order valence-corrected chi connectivity index (χ1v) is 5.85. The fraction of sp³-hybridized carbons (Fsp3) is 0.250. The van der Waals surface area contributed by atoms with Gasteiger partial charge >= 0.3 is 5.97 Å². The van der Waals surface area contributed by atoms with E-state index in [1.54, 1.807) is 28.7 Å². The van der Waals surface area contributed by atoms with E-state index in [4.69, 9.17) is 0 Å². The van der Waals surface area contributed by atoms with Gasteiger partial charge < -0.3 is 4.74 Å². The van der Waals surface area contributed by atoms with E-state index in [1.807, 2.05) is 22.6 Å². The van der Waals surface area contributed by atoms with Gasteiger partial charge in [-0.15, -0.1) is 0 Å². The van der Waals surface area contributed by atoms with Crippen molar-refractivity contribution in [1.82, 2.24) is 4.98 Å². The van der Waals surface area contributed by atoms with Crippen LogP contribution in [0.15, 0.2) is 6.07 Å². The molecule has 0 amide bonds. The van der Waals surface area contributed by atoms with Crippen LogP contribution < -0.4 is 0 Å². The Morgan fingerprint density at radius 2 is 2.13 bits per heavy atom. The molecule has 7 heteroatoms. The molecule has 0 N–H and O–H groups in total. The highest BCUT2D eigenvalue weighted by Gasteiger charge is 2.24. The number of esters is 1. The second-order valence-electron chi connectivity index (χ2n) is 2.48. The van der Waals surface area contributed by atoms with Crippen molar-refractivity contribution in [3.63, 3.8) is 0 Å². The predicted octanol–water partition coefficient (Wildman–Crippen LogP) is 3.02. The van der Waals surface area contributed by atoms with Gasteiger partial charge in [-0.1, -0.05) is 0 Å². The molecule has 0 saturated heterocycles. The molecule has 0 aliphatic rings. The van der Waals surface area contributed by atoms with Gasteiger partial charge in [0, 0.05) is 3.57 Å². The summed E-state index contributed by atoms with van der Waals surface area (Å²) in [5.41, 5.74) is -0.688. The number of alkyl halides is 2. The highest BCUT2D eigenvalue weighted by molar-refractivity contribution is 14.1. The molecule has 0 spiro atoms. The van der Waals surface area contributed by atoms with Crippen LogP contribution in [0, 0.1) is 7.27 Å². The van der Waals surface area contributed by atoms with Crippen LogP contribution in [0.25, 0.3) is 0 Å². The maximum atomic E-state index is 12.6. The van der Waals surface area contributed by atoms with Crippen molar-refractivity contribution in [2.75, 3.05) is 7.11 Å². The smallest absolute Gasteiger partial charge is 0.341 e. The lowest BCUT2D eigenvalue weighted by Gasteiger charge is -2.08. The molecule has 15 heavy (non-hydrogen) atoms. The van der Waals surface area contributed by atoms with Crippen molar-refractivity contribution in [2.24, 2.45) is 0 Å².